The zero-order chi connectivity index (χ0) is 14.7. The minimum atomic E-state index is -0.177. The summed E-state index contributed by atoms with van der Waals surface area (Å²) in [5.74, 6) is -0.177. The summed E-state index contributed by atoms with van der Waals surface area (Å²) in [5.41, 5.74) is 2.07. The average Bonchev–Trinajstić information content (AvgIpc) is 3.04. The Kier molecular flexibility index (Phi) is 3.79. The lowest BCUT2D eigenvalue weighted by atomic mass is 10.2. The van der Waals surface area contributed by atoms with E-state index in [-0.39, 0.29) is 5.91 Å². The van der Waals surface area contributed by atoms with Crippen molar-refractivity contribution in [3.05, 3.63) is 71.0 Å². The molecule has 6 heteroatoms. The Labute approximate surface area is 129 Å². The summed E-state index contributed by atoms with van der Waals surface area (Å²) in [5, 5.41) is 10.5. The monoisotopic (exact) mass is 342 g/mol. The van der Waals surface area contributed by atoms with Crippen LogP contribution in [0.4, 0.5) is 5.69 Å². The number of hydrogen-bond acceptors (Lipinski definition) is 3. The molecule has 3 rings (SSSR count). The largest absolute Gasteiger partial charge is 0.321 e. The number of amides is 1. The number of hydrogen-bond donors (Lipinski definition) is 1. The molecule has 1 aromatic heterocycles. The number of aromatic nitrogens is 3. The minimum Gasteiger partial charge on any atom is -0.321 e. The normalized spacial score (nSPS) is 10.3. The Hall–Kier alpha value is -2.47. The lowest BCUT2D eigenvalue weighted by Gasteiger charge is -2.08. The van der Waals surface area contributed by atoms with E-state index in [1.54, 1.807) is 29.2 Å². The van der Waals surface area contributed by atoms with Crippen molar-refractivity contribution in [3.8, 4) is 5.69 Å². The maximum Gasteiger partial charge on any atom is 0.255 e. The highest BCUT2D eigenvalue weighted by Crippen LogP contribution is 2.22. The van der Waals surface area contributed by atoms with Gasteiger partial charge in [-0.05, 0) is 46.3 Å². The summed E-state index contributed by atoms with van der Waals surface area (Å²) in [4.78, 5) is 12.3. The van der Waals surface area contributed by atoms with E-state index >= 15 is 0 Å². The highest BCUT2D eigenvalue weighted by atomic mass is 79.9. The van der Waals surface area contributed by atoms with Crippen LogP contribution < -0.4 is 5.32 Å². The SMILES string of the molecule is O=C(Nc1ccccc1Br)c1cccc(-n2ccnn2)c1. The third kappa shape index (κ3) is 3.00. The van der Waals surface area contributed by atoms with E-state index in [2.05, 4.69) is 31.6 Å². The molecule has 21 heavy (non-hydrogen) atoms. The molecule has 5 nitrogen and oxygen atoms in total. The Morgan fingerprint density at radius 3 is 2.76 bits per heavy atom. The predicted octanol–water partition coefficient (Wildman–Crippen LogP) is 3.28. The summed E-state index contributed by atoms with van der Waals surface area (Å²) in [6.45, 7) is 0. The van der Waals surface area contributed by atoms with Crippen molar-refractivity contribution in [1.82, 2.24) is 15.0 Å². The smallest absolute Gasteiger partial charge is 0.255 e. The molecule has 1 N–H and O–H groups in total. The van der Waals surface area contributed by atoms with Gasteiger partial charge in [0.05, 0.1) is 23.8 Å². The molecule has 0 aliphatic rings. The average molecular weight is 343 g/mol. The van der Waals surface area contributed by atoms with Crippen molar-refractivity contribution in [1.29, 1.82) is 0 Å². The van der Waals surface area contributed by atoms with Crippen LogP contribution in [0.25, 0.3) is 5.69 Å². The number of nitrogens with zero attached hydrogens (tertiary/aromatic N) is 3. The zero-order valence-corrected chi connectivity index (χ0v) is 12.5. The van der Waals surface area contributed by atoms with Gasteiger partial charge < -0.3 is 5.32 Å². The Balaban J connectivity index is 1.85. The fourth-order valence-electron chi connectivity index (χ4n) is 1.89. The van der Waals surface area contributed by atoms with Crippen LogP contribution in [0.1, 0.15) is 10.4 Å². The maximum atomic E-state index is 12.3. The highest BCUT2D eigenvalue weighted by molar-refractivity contribution is 9.10. The summed E-state index contributed by atoms with van der Waals surface area (Å²) in [6, 6.07) is 14.7. The molecule has 0 atom stereocenters. The van der Waals surface area contributed by atoms with E-state index in [1.807, 2.05) is 36.4 Å². The van der Waals surface area contributed by atoms with Crippen molar-refractivity contribution in [3.63, 3.8) is 0 Å². The van der Waals surface area contributed by atoms with Gasteiger partial charge in [0, 0.05) is 10.0 Å². The fraction of sp³-hybridized carbons (Fsp3) is 0. The van der Waals surface area contributed by atoms with Crippen molar-refractivity contribution < 1.29 is 4.79 Å². The van der Waals surface area contributed by atoms with Gasteiger partial charge in [-0.25, -0.2) is 4.68 Å². The van der Waals surface area contributed by atoms with E-state index in [0.29, 0.717) is 5.56 Å². The van der Waals surface area contributed by atoms with Crippen LogP contribution in [0.15, 0.2) is 65.4 Å². The van der Waals surface area contributed by atoms with E-state index < -0.39 is 0 Å². The number of benzene rings is 2. The first-order chi connectivity index (χ1) is 10.2. The zero-order valence-electron chi connectivity index (χ0n) is 10.9. The number of carbonyl (C=O) groups is 1. The molecule has 0 saturated heterocycles. The first-order valence-corrected chi connectivity index (χ1v) is 7.06. The summed E-state index contributed by atoms with van der Waals surface area (Å²) < 4.78 is 2.45. The lowest BCUT2D eigenvalue weighted by Crippen LogP contribution is -2.12. The third-order valence-corrected chi connectivity index (χ3v) is 3.61. The van der Waals surface area contributed by atoms with Gasteiger partial charge in [0.15, 0.2) is 0 Å². The van der Waals surface area contributed by atoms with Crippen LogP contribution >= 0.6 is 15.9 Å². The molecule has 0 unspecified atom stereocenters. The highest BCUT2D eigenvalue weighted by Gasteiger charge is 2.09. The molecular formula is C15H11BrN4O. The van der Waals surface area contributed by atoms with Crippen LogP contribution in [-0.4, -0.2) is 20.9 Å². The minimum absolute atomic E-state index is 0.177. The standard InChI is InChI=1S/C15H11BrN4O/c16-13-6-1-2-7-14(13)18-15(21)11-4-3-5-12(10-11)20-9-8-17-19-20/h1-10H,(H,18,21). The van der Waals surface area contributed by atoms with Gasteiger partial charge in [-0.15, -0.1) is 5.10 Å². The van der Waals surface area contributed by atoms with Gasteiger partial charge in [0.2, 0.25) is 0 Å². The molecule has 0 aliphatic carbocycles. The first-order valence-electron chi connectivity index (χ1n) is 6.27. The van der Waals surface area contributed by atoms with Gasteiger partial charge in [-0.1, -0.05) is 23.4 Å². The molecule has 0 saturated carbocycles. The second-order valence-corrected chi connectivity index (χ2v) is 5.19. The topological polar surface area (TPSA) is 59.8 Å². The van der Waals surface area contributed by atoms with E-state index in [9.17, 15) is 4.79 Å². The van der Waals surface area contributed by atoms with Crippen LogP contribution in [-0.2, 0) is 0 Å². The van der Waals surface area contributed by atoms with E-state index in [4.69, 9.17) is 0 Å². The lowest BCUT2D eigenvalue weighted by molar-refractivity contribution is 0.102. The van der Waals surface area contributed by atoms with Gasteiger partial charge in [0.1, 0.15) is 0 Å². The Morgan fingerprint density at radius 1 is 1.14 bits per heavy atom. The number of nitrogens with one attached hydrogen (secondary N) is 1. The molecule has 104 valence electrons. The molecule has 1 heterocycles. The third-order valence-electron chi connectivity index (χ3n) is 2.92. The van der Waals surface area contributed by atoms with Crippen molar-refractivity contribution in [2.24, 2.45) is 0 Å². The van der Waals surface area contributed by atoms with Gasteiger partial charge in [-0.3, -0.25) is 4.79 Å². The Bertz CT molecular complexity index is 771. The van der Waals surface area contributed by atoms with Gasteiger partial charge in [0.25, 0.3) is 5.91 Å². The van der Waals surface area contributed by atoms with Crippen LogP contribution in [0.2, 0.25) is 0 Å². The summed E-state index contributed by atoms with van der Waals surface area (Å²) in [7, 11) is 0. The van der Waals surface area contributed by atoms with Crippen LogP contribution in [0.3, 0.4) is 0 Å². The quantitative estimate of drug-likeness (QED) is 0.794. The van der Waals surface area contributed by atoms with Crippen molar-refractivity contribution in [2.45, 2.75) is 0 Å². The molecule has 0 fully saturated rings. The first kappa shape index (κ1) is 13.5. The van der Waals surface area contributed by atoms with E-state index in [1.165, 1.54) is 0 Å². The van der Waals surface area contributed by atoms with Crippen LogP contribution in [0.5, 0.6) is 0 Å². The second-order valence-electron chi connectivity index (χ2n) is 4.33. The molecule has 0 spiro atoms. The maximum absolute atomic E-state index is 12.3. The molecule has 3 aromatic rings. The molecular weight excluding hydrogens is 332 g/mol. The fourth-order valence-corrected chi connectivity index (χ4v) is 2.28. The number of para-hydroxylation sites is 1. The number of carbonyl (C=O) groups excluding carboxylic acids is 1. The predicted molar refractivity (Wildman–Crippen MR) is 83.5 cm³/mol. The summed E-state index contributed by atoms with van der Waals surface area (Å²) in [6.07, 6.45) is 3.32. The molecule has 0 radical (unpaired) electrons. The number of halogens is 1. The van der Waals surface area contributed by atoms with Gasteiger partial charge in [-0.2, -0.15) is 0 Å². The molecule has 0 bridgehead atoms. The molecule has 1 amide bonds. The molecule has 0 aliphatic heterocycles. The Morgan fingerprint density at radius 2 is 2.00 bits per heavy atom. The number of rotatable bonds is 3. The van der Waals surface area contributed by atoms with Gasteiger partial charge >= 0.3 is 0 Å². The summed E-state index contributed by atoms with van der Waals surface area (Å²) >= 11 is 3.41. The second kappa shape index (κ2) is 5.88. The molecule has 2 aromatic carbocycles. The van der Waals surface area contributed by atoms with E-state index in [0.717, 1.165) is 15.8 Å². The van der Waals surface area contributed by atoms with Crippen molar-refractivity contribution >= 4 is 27.5 Å². The number of anilines is 1. The van der Waals surface area contributed by atoms with Crippen LogP contribution in [0, 0.1) is 0 Å². The van der Waals surface area contributed by atoms with Crippen molar-refractivity contribution in [2.75, 3.05) is 5.32 Å².